The van der Waals surface area contributed by atoms with Crippen molar-refractivity contribution in [2.24, 2.45) is 0 Å². The quantitative estimate of drug-likeness (QED) is 0.781. The molecule has 0 aromatic heterocycles. The summed E-state index contributed by atoms with van der Waals surface area (Å²) in [7, 11) is 1.38. The van der Waals surface area contributed by atoms with Crippen molar-refractivity contribution < 1.29 is 14.3 Å². The number of carbonyl (C=O) groups excluding carboxylic acids is 1. The number of esters is 1. The minimum absolute atomic E-state index is 0.284. The topological polar surface area (TPSA) is 47.6 Å². The van der Waals surface area contributed by atoms with Crippen LogP contribution in [-0.4, -0.2) is 32.3 Å². The van der Waals surface area contributed by atoms with Crippen molar-refractivity contribution in [2.75, 3.05) is 20.3 Å². The van der Waals surface area contributed by atoms with E-state index in [2.05, 4.69) is 32.9 Å². The molecule has 0 aliphatic heterocycles. The van der Waals surface area contributed by atoms with Crippen LogP contribution in [0, 0.1) is 0 Å². The van der Waals surface area contributed by atoms with Gasteiger partial charge in [-0.15, -0.1) is 0 Å². The number of hydrogen-bond acceptors (Lipinski definition) is 4. The standard InChI is InChI=1S/C14H20BrNO3/c1-4-19-9-10(2)16-8-12-6-5-11(7-13(12)15)14(17)18-3/h5-7,10,16H,4,8-9H2,1-3H3. The Labute approximate surface area is 122 Å². The van der Waals surface area contributed by atoms with E-state index in [-0.39, 0.29) is 12.0 Å². The summed E-state index contributed by atoms with van der Waals surface area (Å²) in [5, 5.41) is 3.37. The minimum Gasteiger partial charge on any atom is -0.465 e. The second kappa shape index (κ2) is 8.30. The molecule has 19 heavy (non-hydrogen) atoms. The zero-order valence-electron chi connectivity index (χ0n) is 11.5. The fourth-order valence-corrected chi connectivity index (χ4v) is 2.09. The van der Waals surface area contributed by atoms with Crippen molar-refractivity contribution >= 4 is 21.9 Å². The minimum atomic E-state index is -0.329. The highest BCUT2D eigenvalue weighted by Crippen LogP contribution is 2.19. The molecule has 0 radical (unpaired) electrons. The maximum absolute atomic E-state index is 11.4. The van der Waals surface area contributed by atoms with Crippen LogP contribution in [0.4, 0.5) is 0 Å². The number of hydrogen-bond donors (Lipinski definition) is 1. The van der Waals surface area contributed by atoms with Gasteiger partial charge in [-0.25, -0.2) is 4.79 Å². The molecule has 1 aromatic carbocycles. The van der Waals surface area contributed by atoms with Crippen molar-refractivity contribution in [3.05, 3.63) is 33.8 Å². The maximum Gasteiger partial charge on any atom is 0.337 e. The normalized spacial score (nSPS) is 12.2. The van der Waals surface area contributed by atoms with Crippen LogP contribution >= 0.6 is 15.9 Å². The molecule has 5 heteroatoms. The van der Waals surface area contributed by atoms with Crippen LogP contribution in [0.15, 0.2) is 22.7 Å². The van der Waals surface area contributed by atoms with E-state index < -0.39 is 0 Å². The number of halogens is 1. The highest BCUT2D eigenvalue weighted by Gasteiger charge is 2.09. The first-order chi connectivity index (χ1) is 9.08. The third kappa shape index (κ3) is 5.30. The molecular formula is C14H20BrNO3. The predicted molar refractivity (Wildman–Crippen MR) is 78.3 cm³/mol. The van der Waals surface area contributed by atoms with Gasteiger partial charge in [0, 0.05) is 23.7 Å². The van der Waals surface area contributed by atoms with Crippen molar-refractivity contribution in [1.29, 1.82) is 0 Å². The monoisotopic (exact) mass is 329 g/mol. The Morgan fingerprint density at radius 2 is 2.21 bits per heavy atom. The van der Waals surface area contributed by atoms with Crippen LogP contribution in [0.5, 0.6) is 0 Å². The second-order valence-electron chi connectivity index (χ2n) is 4.24. The van der Waals surface area contributed by atoms with Crippen molar-refractivity contribution in [2.45, 2.75) is 26.4 Å². The van der Waals surface area contributed by atoms with Gasteiger partial charge >= 0.3 is 5.97 Å². The van der Waals surface area contributed by atoms with E-state index in [1.807, 2.05) is 13.0 Å². The largest absolute Gasteiger partial charge is 0.465 e. The molecule has 0 aliphatic carbocycles. The first-order valence-electron chi connectivity index (χ1n) is 6.26. The number of nitrogens with one attached hydrogen (secondary N) is 1. The van der Waals surface area contributed by atoms with Crippen LogP contribution in [0.25, 0.3) is 0 Å². The molecule has 0 fully saturated rings. The number of carbonyl (C=O) groups is 1. The van der Waals surface area contributed by atoms with Crippen LogP contribution < -0.4 is 5.32 Å². The van der Waals surface area contributed by atoms with E-state index in [0.717, 1.165) is 23.2 Å². The summed E-state index contributed by atoms with van der Waals surface area (Å²) in [6, 6.07) is 5.74. The highest BCUT2D eigenvalue weighted by atomic mass is 79.9. The third-order valence-corrected chi connectivity index (χ3v) is 3.43. The smallest absolute Gasteiger partial charge is 0.337 e. The Bertz CT molecular complexity index is 423. The summed E-state index contributed by atoms with van der Waals surface area (Å²) in [5.41, 5.74) is 1.64. The first-order valence-corrected chi connectivity index (χ1v) is 7.05. The maximum atomic E-state index is 11.4. The molecule has 1 atom stereocenters. The zero-order valence-corrected chi connectivity index (χ0v) is 13.1. The summed E-state index contributed by atoms with van der Waals surface area (Å²) in [5.74, 6) is -0.329. The van der Waals surface area contributed by atoms with Gasteiger partial charge in [-0.1, -0.05) is 22.0 Å². The lowest BCUT2D eigenvalue weighted by atomic mass is 10.1. The fraction of sp³-hybridized carbons (Fsp3) is 0.500. The van der Waals surface area contributed by atoms with Crippen LogP contribution in [0.3, 0.4) is 0 Å². The second-order valence-corrected chi connectivity index (χ2v) is 5.09. The van der Waals surface area contributed by atoms with Crippen molar-refractivity contribution in [1.82, 2.24) is 5.32 Å². The van der Waals surface area contributed by atoms with Crippen molar-refractivity contribution in [3.8, 4) is 0 Å². The molecule has 1 N–H and O–H groups in total. The third-order valence-electron chi connectivity index (χ3n) is 2.69. The van der Waals surface area contributed by atoms with Gasteiger partial charge in [0.05, 0.1) is 19.3 Å². The molecular weight excluding hydrogens is 310 g/mol. The van der Waals surface area contributed by atoms with E-state index in [1.165, 1.54) is 7.11 Å². The molecule has 0 aliphatic rings. The SMILES string of the molecule is CCOCC(C)NCc1ccc(C(=O)OC)cc1Br. The fourth-order valence-electron chi connectivity index (χ4n) is 1.57. The molecule has 1 rings (SSSR count). The Morgan fingerprint density at radius 1 is 1.47 bits per heavy atom. The van der Waals surface area contributed by atoms with Crippen LogP contribution in [0.2, 0.25) is 0 Å². The Morgan fingerprint density at radius 3 is 2.79 bits per heavy atom. The van der Waals surface area contributed by atoms with Crippen LogP contribution in [-0.2, 0) is 16.0 Å². The molecule has 106 valence electrons. The average molecular weight is 330 g/mol. The van der Waals surface area contributed by atoms with Crippen LogP contribution in [0.1, 0.15) is 29.8 Å². The van der Waals surface area contributed by atoms with E-state index in [1.54, 1.807) is 12.1 Å². The van der Waals surface area contributed by atoms with Gasteiger partial charge in [-0.2, -0.15) is 0 Å². The summed E-state index contributed by atoms with van der Waals surface area (Å²) in [6.45, 7) is 6.19. The Hall–Kier alpha value is -0.910. The van der Waals surface area contributed by atoms with E-state index in [9.17, 15) is 4.79 Å². The molecule has 0 heterocycles. The number of benzene rings is 1. The predicted octanol–water partition coefficient (Wildman–Crippen LogP) is 2.75. The zero-order chi connectivity index (χ0) is 14.3. The molecule has 1 unspecified atom stereocenters. The van der Waals surface area contributed by atoms with E-state index in [4.69, 9.17) is 4.74 Å². The average Bonchev–Trinajstić information content (AvgIpc) is 2.42. The number of rotatable bonds is 7. The lowest BCUT2D eigenvalue weighted by Crippen LogP contribution is -2.30. The molecule has 0 saturated heterocycles. The van der Waals surface area contributed by atoms with E-state index in [0.29, 0.717) is 12.2 Å². The summed E-state index contributed by atoms with van der Waals surface area (Å²) in [4.78, 5) is 11.4. The molecule has 0 bridgehead atoms. The lowest BCUT2D eigenvalue weighted by Gasteiger charge is -2.14. The van der Waals surface area contributed by atoms with Gasteiger partial charge in [0.2, 0.25) is 0 Å². The first kappa shape index (κ1) is 16.1. The highest BCUT2D eigenvalue weighted by molar-refractivity contribution is 9.10. The number of methoxy groups -OCH3 is 1. The summed E-state index contributed by atoms with van der Waals surface area (Å²) in [6.07, 6.45) is 0. The Kier molecular flexibility index (Phi) is 7.05. The molecule has 0 spiro atoms. The van der Waals surface area contributed by atoms with Crippen molar-refractivity contribution in [3.63, 3.8) is 0 Å². The van der Waals surface area contributed by atoms with Gasteiger partial charge in [-0.05, 0) is 31.5 Å². The molecule has 4 nitrogen and oxygen atoms in total. The molecule has 0 saturated carbocycles. The lowest BCUT2D eigenvalue weighted by molar-refractivity contribution is 0.0600. The van der Waals surface area contributed by atoms with Gasteiger partial charge in [0.1, 0.15) is 0 Å². The van der Waals surface area contributed by atoms with Gasteiger partial charge in [-0.3, -0.25) is 0 Å². The summed E-state index contributed by atoms with van der Waals surface area (Å²) < 4.78 is 10.9. The number of ether oxygens (including phenoxy) is 2. The Balaban J connectivity index is 2.57. The molecule has 1 aromatic rings. The summed E-state index contributed by atoms with van der Waals surface area (Å²) >= 11 is 3.47. The van der Waals surface area contributed by atoms with E-state index >= 15 is 0 Å². The van der Waals surface area contributed by atoms with Gasteiger partial charge in [0.25, 0.3) is 0 Å². The molecule has 0 amide bonds. The van der Waals surface area contributed by atoms with Gasteiger partial charge in [0.15, 0.2) is 0 Å². The van der Waals surface area contributed by atoms with Gasteiger partial charge < -0.3 is 14.8 Å².